The third-order valence-electron chi connectivity index (χ3n) is 3.68. The van der Waals surface area contributed by atoms with Gasteiger partial charge < -0.3 is 5.11 Å². The molecule has 1 saturated carbocycles. The first-order chi connectivity index (χ1) is 8.34. The summed E-state index contributed by atoms with van der Waals surface area (Å²) >= 11 is 0. The number of aromatic nitrogens is 2. The molecule has 1 aromatic heterocycles. The van der Waals surface area contributed by atoms with Gasteiger partial charge in [0.2, 0.25) is 0 Å². The maximum Gasteiger partial charge on any atom is 0.0890 e. The van der Waals surface area contributed by atoms with E-state index in [1.807, 2.05) is 18.2 Å². The summed E-state index contributed by atoms with van der Waals surface area (Å²) in [6.45, 7) is 0. The molecular weight excluding hydrogens is 212 g/mol. The van der Waals surface area contributed by atoms with Gasteiger partial charge in [0.1, 0.15) is 0 Å². The molecule has 2 aromatic rings. The third kappa shape index (κ3) is 2.03. The summed E-state index contributed by atoms with van der Waals surface area (Å²) < 4.78 is 0. The Morgan fingerprint density at radius 3 is 2.53 bits per heavy atom. The zero-order valence-electron chi connectivity index (χ0n) is 9.71. The molecule has 1 aliphatic rings. The van der Waals surface area contributed by atoms with Gasteiger partial charge in [-0.25, -0.2) is 0 Å². The van der Waals surface area contributed by atoms with E-state index >= 15 is 0 Å². The van der Waals surface area contributed by atoms with Crippen molar-refractivity contribution >= 4 is 11.0 Å². The van der Waals surface area contributed by atoms with Crippen LogP contribution in [-0.4, -0.2) is 15.1 Å². The van der Waals surface area contributed by atoms with Crippen LogP contribution in [0.1, 0.15) is 37.4 Å². The quantitative estimate of drug-likeness (QED) is 0.859. The Kier molecular flexibility index (Phi) is 2.77. The Morgan fingerprint density at radius 2 is 1.76 bits per heavy atom. The standard InChI is InChI=1S/C14H16N2O/c17-14(10-3-1-2-4-10)11-5-6-12-13(9-11)16-8-7-15-12/h5-10,14,17H,1-4H2. The van der Waals surface area contributed by atoms with Gasteiger partial charge in [-0.2, -0.15) is 0 Å². The molecule has 88 valence electrons. The van der Waals surface area contributed by atoms with E-state index in [0.29, 0.717) is 5.92 Å². The Bertz CT molecular complexity index is 520. The van der Waals surface area contributed by atoms with Crippen molar-refractivity contribution in [3.63, 3.8) is 0 Å². The summed E-state index contributed by atoms with van der Waals surface area (Å²) in [5.41, 5.74) is 2.72. The van der Waals surface area contributed by atoms with Crippen molar-refractivity contribution in [2.24, 2.45) is 5.92 Å². The number of fused-ring (bicyclic) bond motifs is 1. The molecule has 0 radical (unpaired) electrons. The van der Waals surface area contributed by atoms with Crippen molar-refractivity contribution in [2.75, 3.05) is 0 Å². The Hall–Kier alpha value is -1.48. The largest absolute Gasteiger partial charge is 0.388 e. The van der Waals surface area contributed by atoms with Crippen LogP contribution >= 0.6 is 0 Å². The summed E-state index contributed by atoms with van der Waals surface area (Å²) in [6, 6.07) is 5.88. The van der Waals surface area contributed by atoms with Crippen LogP contribution in [-0.2, 0) is 0 Å². The van der Waals surface area contributed by atoms with E-state index in [2.05, 4.69) is 9.97 Å². The summed E-state index contributed by atoms with van der Waals surface area (Å²) in [7, 11) is 0. The van der Waals surface area contributed by atoms with Crippen LogP contribution < -0.4 is 0 Å². The van der Waals surface area contributed by atoms with Gasteiger partial charge in [0.05, 0.1) is 17.1 Å². The van der Waals surface area contributed by atoms with Crippen molar-refractivity contribution in [1.82, 2.24) is 9.97 Å². The second kappa shape index (κ2) is 4.41. The van der Waals surface area contributed by atoms with E-state index in [-0.39, 0.29) is 6.10 Å². The maximum absolute atomic E-state index is 10.3. The van der Waals surface area contributed by atoms with Crippen molar-refractivity contribution in [1.29, 1.82) is 0 Å². The highest BCUT2D eigenvalue weighted by Gasteiger charge is 2.24. The zero-order chi connectivity index (χ0) is 11.7. The van der Waals surface area contributed by atoms with Gasteiger partial charge in [-0.3, -0.25) is 9.97 Å². The van der Waals surface area contributed by atoms with Crippen molar-refractivity contribution in [3.05, 3.63) is 36.2 Å². The molecular formula is C14H16N2O. The first-order valence-electron chi connectivity index (χ1n) is 6.23. The smallest absolute Gasteiger partial charge is 0.0890 e. The maximum atomic E-state index is 10.3. The second-order valence-electron chi connectivity index (χ2n) is 4.79. The molecule has 3 nitrogen and oxygen atoms in total. The van der Waals surface area contributed by atoms with Gasteiger partial charge in [-0.05, 0) is 36.5 Å². The first-order valence-corrected chi connectivity index (χ1v) is 6.23. The number of nitrogens with zero attached hydrogens (tertiary/aromatic N) is 2. The molecule has 1 heterocycles. The van der Waals surface area contributed by atoms with Gasteiger partial charge in [-0.1, -0.05) is 18.9 Å². The minimum atomic E-state index is -0.344. The normalized spacial score (nSPS) is 18.6. The van der Waals surface area contributed by atoms with Crippen molar-refractivity contribution in [2.45, 2.75) is 31.8 Å². The van der Waals surface area contributed by atoms with Crippen molar-refractivity contribution in [3.8, 4) is 0 Å². The first kappa shape index (κ1) is 10.7. The number of hydrogen-bond acceptors (Lipinski definition) is 3. The molecule has 1 aliphatic carbocycles. The number of aliphatic hydroxyl groups excluding tert-OH is 1. The molecule has 0 amide bonds. The highest BCUT2D eigenvalue weighted by molar-refractivity contribution is 5.74. The van der Waals surface area contributed by atoms with Crippen LogP contribution in [0, 0.1) is 5.92 Å². The summed E-state index contributed by atoms with van der Waals surface area (Å²) in [6.07, 6.45) is 7.80. The zero-order valence-corrected chi connectivity index (χ0v) is 9.71. The molecule has 1 atom stereocenters. The number of benzene rings is 1. The molecule has 1 fully saturated rings. The van der Waals surface area contributed by atoms with Crippen LogP contribution in [0.4, 0.5) is 0 Å². The van der Waals surface area contributed by atoms with E-state index < -0.39 is 0 Å². The molecule has 3 rings (SSSR count). The second-order valence-corrected chi connectivity index (χ2v) is 4.79. The average molecular weight is 228 g/mol. The Labute approximate surface area is 101 Å². The highest BCUT2D eigenvalue weighted by Crippen LogP contribution is 2.35. The van der Waals surface area contributed by atoms with E-state index in [1.165, 1.54) is 12.8 Å². The summed E-state index contributed by atoms with van der Waals surface area (Å²) in [5.74, 6) is 0.420. The summed E-state index contributed by atoms with van der Waals surface area (Å²) in [4.78, 5) is 8.51. The molecule has 1 aromatic carbocycles. The van der Waals surface area contributed by atoms with E-state index in [4.69, 9.17) is 0 Å². The van der Waals surface area contributed by atoms with Gasteiger partial charge in [0.15, 0.2) is 0 Å². The van der Waals surface area contributed by atoms with Gasteiger partial charge >= 0.3 is 0 Å². The van der Waals surface area contributed by atoms with Gasteiger partial charge in [0.25, 0.3) is 0 Å². The third-order valence-corrected chi connectivity index (χ3v) is 3.68. The number of aliphatic hydroxyl groups is 1. The topological polar surface area (TPSA) is 46.0 Å². The van der Waals surface area contributed by atoms with Crippen molar-refractivity contribution < 1.29 is 5.11 Å². The van der Waals surface area contributed by atoms with Crippen LogP contribution in [0.5, 0.6) is 0 Å². The van der Waals surface area contributed by atoms with E-state index in [0.717, 1.165) is 29.4 Å². The molecule has 1 unspecified atom stereocenters. The fraction of sp³-hybridized carbons (Fsp3) is 0.429. The fourth-order valence-corrected chi connectivity index (χ4v) is 2.71. The molecule has 17 heavy (non-hydrogen) atoms. The minimum Gasteiger partial charge on any atom is -0.388 e. The molecule has 0 bridgehead atoms. The van der Waals surface area contributed by atoms with Crippen LogP contribution in [0.15, 0.2) is 30.6 Å². The van der Waals surface area contributed by atoms with Gasteiger partial charge in [0, 0.05) is 12.4 Å². The predicted octanol–water partition coefficient (Wildman–Crippen LogP) is 2.85. The lowest BCUT2D eigenvalue weighted by atomic mass is 9.94. The SMILES string of the molecule is OC(c1ccc2nccnc2c1)C1CCCC1. The van der Waals surface area contributed by atoms with Gasteiger partial charge in [-0.15, -0.1) is 0 Å². The molecule has 0 saturated heterocycles. The van der Waals surface area contributed by atoms with Crippen LogP contribution in [0.25, 0.3) is 11.0 Å². The Balaban J connectivity index is 1.94. The van der Waals surface area contributed by atoms with E-state index in [1.54, 1.807) is 12.4 Å². The highest BCUT2D eigenvalue weighted by atomic mass is 16.3. The monoisotopic (exact) mass is 228 g/mol. The van der Waals surface area contributed by atoms with Crippen LogP contribution in [0.2, 0.25) is 0 Å². The average Bonchev–Trinajstić information content (AvgIpc) is 2.91. The van der Waals surface area contributed by atoms with Crippen LogP contribution in [0.3, 0.4) is 0 Å². The summed E-state index contributed by atoms with van der Waals surface area (Å²) in [5, 5.41) is 10.3. The fourth-order valence-electron chi connectivity index (χ4n) is 2.71. The molecule has 0 spiro atoms. The lowest BCUT2D eigenvalue weighted by molar-refractivity contribution is 0.112. The lowest BCUT2D eigenvalue weighted by Gasteiger charge is -2.18. The Morgan fingerprint density at radius 1 is 1.06 bits per heavy atom. The molecule has 1 N–H and O–H groups in total. The minimum absolute atomic E-state index is 0.344. The molecule has 3 heteroatoms. The number of rotatable bonds is 2. The van der Waals surface area contributed by atoms with E-state index in [9.17, 15) is 5.11 Å². The lowest BCUT2D eigenvalue weighted by Crippen LogP contribution is -2.08. The predicted molar refractivity (Wildman–Crippen MR) is 66.5 cm³/mol. The molecule has 0 aliphatic heterocycles. The number of hydrogen-bond donors (Lipinski definition) is 1.